The normalized spacial score (nSPS) is 12.3. The Bertz CT molecular complexity index is 1020. The topological polar surface area (TPSA) is 88.2 Å². The van der Waals surface area contributed by atoms with Crippen molar-refractivity contribution in [2.75, 3.05) is 5.32 Å². The van der Waals surface area contributed by atoms with E-state index in [1.807, 2.05) is 54.6 Å². The molecule has 0 aliphatic rings. The quantitative estimate of drug-likeness (QED) is 0.383. The molecule has 4 aromatic rings. The molecule has 0 aliphatic heterocycles. The molecule has 0 spiro atoms. The van der Waals surface area contributed by atoms with E-state index in [2.05, 4.69) is 46.7 Å². The molecule has 0 aliphatic carbocycles. The number of carboxylic acids is 1. The van der Waals surface area contributed by atoms with Crippen LogP contribution >= 0.6 is 11.3 Å². The summed E-state index contributed by atoms with van der Waals surface area (Å²) in [6.45, 7) is 0. The molecule has 30 heavy (non-hydrogen) atoms. The van der Waals surface area contributed by atoms with Crippen molar-refractivity contribution in [2.24, 2.45) is 5.73 Å². The summed E-state index contributed by atoms with van der Waals surface area (Å²) >= 11 is 1.34. The number of thiazole rings is 1. The monoisotopic (exact) mass is 415 g/mol. The maximum atomic E-state index is 11.3. The third-order valence-electron chi connectivity index (χ3n) is 5.02. The van der Waals surface area contributed by atoms with Crippen LogP contribution in [0.5, 0.6) is 0 Å². The Hall–Kier alpha value is -3.48. The molecule has 0 saturated heterocycles. The van der Waals surface area contributed by atoms with Gasteiger partial charge in [0.1, 0.15) is 11.6 Å². The summed E-state index contributed by atoms with van der Waals surface area (Å²) in [6.07, 6.45) is 0. The van der Waals surface area contributed by atoms with Crippen molar-refractivity contribution in [1.82, 2.24) is 4.98 Å². The van der Waals surface area contributed by atoms with Crippen molar-refractivity contribution in [1.29, 1.82) is 0 Å². The maximum absolute atomic E-state index is 11.3. The molecular weight excluding hydrogens is 394 g/mol. The second-order valence-electron chi connectivity index (χ2n) is 6.87. The number of nitrogens with one attached hydrogen (secondary N) is 1. The van der Waals surface area contributed by atoms with Crippen LogP contribution in [0.4, 0.5) is 5.13 Å². The number of rotatable bonds is 7. The third kappa shape index (κ3) is 3.70. The summed E-state index contributed by atoms with van der Waals surface area (Å²) in [5, 5.41) is 15.1. The van der Waals surface area contributed by atoms with Gasteiger partial charge in [-0.25, -0.2) is 4.98 Å². The van der Waals surface area contributed by atoms with Crippen LogP contribution in [0.3, 0.4) is 0 Å². The van der Waals surface area contributed by atoms with Crippen LogP contribution in [-0.4, -0.2) is 16.1 Å². The number of aromatic nitrogens is 1. The van der Waals surface area contributed by atoms with E-state index in [0.29, 0.717) is 10.8 Å². The van der Waals surface area contributed by atoms with Gasteiger partial charge < -0.3 is 16.2 Å². The molecule has 1 atom stereocenters. The first-order chi connectivity index (χ1) is 14.6. The standard InChI is InChI=1S/C24H21N3O2S/c25-21(22(28)29)20-16-30-23(26-20)27-24(17-10-4-1-5-11-17,18-12-6-2-7-13-18)19-14-8-3-9-15-19/h1-16,21H,25H2,(H,26,27)(H,28,29)/t21-/m0/s1. The van der Waals surface area contributed by atoms with Gasteiger partial charge in [0.2, 0.25) is 0 Å². The number of carbonyl (C=O) groups is 1. The average molecular weight is 416 g/mol. The number of nitrogens with zero attached hydrogens (tertiary/aromatic N) is 1. The van der Waals surface area contributed by atoms with E-state index < -0.39 is 17.6 Å². The number of hydrogen-bond acceptors (Lipinski definition) is 5. The van der Waals surface area contributed by atoms with E-state index in [0.717, 1.165) is 16.7 Å². The number of hydrogen-bond donors (Lipinski definition) is 3. The lowest BCUT2D eigenvalue weighted by atomic mass is 9.77. The molecule has 0 fully saturated rings. The minimum atomic E-state index is -1.16. The van der Waals surface area contributed by atoms with E-state index in [1.165, 1.54) is 11.3 Å². The molecule has 3 aromatic carbocycles. The van der Waals surface area contributed by atoms with Gasteiger partial charge in [-0.2, -0.15) is 0 Å². The van der Waals surface area contributed by atoms with Crippen LogP contribution in [0.2, 0.25) is 0 Å². The van der Waals surface area contributed by atoms with Crippen molar-refractivity contribution in [2.45, 2.75) is 11.6 Å². The molecule has 4 rings (SSSR count). The zero-order valence-corrected chi connectivity index (χ0v) is 16.9. The number of carboxylic acid groups (broad SMARTS) is 1. The molecule has 150 valence electrons. The molecule has 0 unspecified atom stereocenters. The number of benzene rings is 3. The third-order valence-corrected chi connectivity index (χ3v) is 5.80. The van der Waals surface area contributed by atoms with Crippen molar-refractivity contribution in [3.05, 3.63) is 119 Å². The molecule has 1 aromatic heterocycles. The van der Waals surface area contributed by atoms with E-state index in [4.69, 9.17) is 5.73 Å². The molecule has 6 heteroatoms. The van der Waals surface area contributed by atoms with Crippen LogP contribution in [0.15, 0.2) is 96.4 Å². The second-order valence-corrected chi connectivity index (χ2v) is 7.72. The smallest absolute Gasteiger partial charge is 0.326 e. The predicted octanol–water partition coefficient (Wildman–Crippen LogP) is 4.63. The molecular formula is C24H21N3O2S. The van der Waals surface area contributed by atoms with Crippen molar-refractivity contribution < 1.29 is 9.90 Å². The van der Waals surface area contributed by atoms with E-state index in [9.17, 15) is 9.90 Å². The fourth-order valence-corrected chi connectivity index (χ4v) is 4.36. The number of aliphatic carboxylic acids is 1. The van der Waals surface area contributed by atoms with Gasteiger partial charge >= 0.3 is 5.97 Å². The van der Waals surface area contributed by atoms with Crippen LogP contribution in [0, 0.1) is 0 Å². The van der Waals surface area contributed by atoms with Gasteiger partial charge in [-0.3, -0.25) is 4.79 Å². The first-order valence-electron chi connectivity index (χ1n) is 9.50. The molecule has 0 radical (unpaired) electrons. The highest BCUT2D eigenvalue weighted by atomic mass is 32.1. The fourth-order valence-electron chi connectivity index (χ4n) is 3.55. The lowest BCUT2D eigenvalue weighted by molar-refractivity contribution is -0.138. The molecule has 0 saturated carbocycles. The summed E-state index contributed by atoms with van der Waals surface area (Å²) in [6, 6.07) is 29.3. The maximum Gasteiger partial charge on any atom is 0.326 e. The lowest BCUT2D eigenvalue weighted by Crippen LogP contribution is -2.38. The Morgan fingerprint density at radius 1 is 0.867 bits per heavy atom. The Morgan fingerprint density at radius 2 is 1.30 bits per heavy atom. The lowest BCUT2D eigenvalue weighted by Gasteiger charge is -2.36. The zero-order chi connectivity index (χ0) is 21.0. The number of nitrogens with two attached hydrogens (primary N) is 1. The van der Waals surface area contributed by atoms with Gasteiger partial charge in [0.15, 0.2) is 5.13 Å². The minimum Gasteiger partial charge on any atom is -0.480 e. The van der Waals surface area contributed by atoms with Crippen molar-refractivity contribution in [3.8, 4) is 0 Å². The summed E-state index contributed by atoms with van der Waals surface area (Å²) in [7, 11) is 0. The van der Waals surface area contributed by atoms with Crippen LogP contribution < -0.4 is 11.1 Å². The Morgan fingerprint density at radius 3 is 1.70 bits per heavy atom. The fraction of sp³-hybridized carbons (Fsp3) is 0.0833. The Balaban J connectivity index is 1.91. The molecule has 0 amide bonds. The van der Waals surface area contributed by atoms with Crippen LogP contribution in [0.25, 0.3) is 0 Å². The van der Waals surface area contributed by atoms with Crippen LogP contribution in [0.1, 0.15) is 28.4 Å². The zero-order valence-electron chi connectivity index (χ0n) is 16.1. The minimum absolute atomic E-state index is 0.332. The van der Waals surface area contributed by atoms with E-state index >= 15 is 0 Å². The summed E-state index contributed by atoms with van der Waals surface area (Å²) in [5.41, 5.74) is 8.51. The molecule has 5 nitrogen and oxygen atoms in total. The van der Waals surface area contributed by atoms with Crippen LogP contribution in [-0.2, 0) is 10.3 Å². The van der Waals surface area contributed by atoms with Gasteiger partial charge in [-0.05, 0) is 16.7 Å². The van der Waals surface area contributed by atoms with Gasteiger partial charge in [-0.1, -0.05) is 91.0 Å². The SMILES string of the molecule is N[C@H](C(=O)O)c1csc(NC(c2ccccc2)(c2ccccc2)c2ccccc2)n1. The highest BCUT2D eigenvalue weighted by Crippen LogP contribution is 2.40. The van der Waals surface area contributed by atoms with Crippen molar-refractivity contribution >= 4 is 22.4 Å². The second kappa shape index (κ2) is 8.49. The van der Waals surface area contributed by atoms with Gasteiger partial charge in [0.05, 0.1) is 5.69 Å². The van der Waals surface area contributed by atoms with E-state index in [-0.39, 0.29) is 0 Å². The predicted molar refractivity (Wildman–Crippen MR) is 120 cm³/mol. The largest absolute Gasteiger partial charge is 0.480 e. The van der Waals surface area contributed by atoms with Gasteiger partial charge in [0, 0.05) is 5.38 Å². The van der Waals surface area contributed by atoms with Gasteiger partial charge in [0.25, 0.3) is 0 Å². The van der Waals surface area contributed by atoms with Crippen molar-refractivity contribution in [3.63, 3.8) is 0 Å². The van der Waals surface area contributed by atoms with E-state index in [1.54, 1.807) is 5.38 Å². The first-order valence-corrected chi connectivity index (χ1v) is 10.4. The highest BCUT2D eigenvalue weighted by Gasteiger charge is 2.37. The highest BCUT2D eigenvalue weighted by molar-refractivity contribution is 7.13. The first kappa shape index (κ1) is 19.8. The summed E-state index contributed by atoms with van der Waals surface area (Å²) < 4.78 is 0. The summed E-state index contributed by atoms with van der Waals surface area (Å²) in [4.78, 5) is 15.8. The summed E-state index contributed by atoms with van der Waals surface area (Å²) in [5.74, 6) is -1.10. The number of anilines is 1. The molecule has 0 bridgehead atoms. The Kier molecular flexibility index (Phi) is 5.61. The molecule has 1 heterocycles. The molecule has 4 N–H and O–H groups in total. The van der Waals surface area contributed by atoms with Gasteiger partial charge in [-0.15, -0.1) is 11.3 Å². The Labute approximate surface area is 178 Å². The average Bonchev–Trinajstić information content (AvgIpc) is 3.27.